The summed E-state index contributed by atoms with van der Waals surface area (Å²) in [6.07, 6.45) is 22.1. The van der Waals surface area contributed by atoms with E-state index in [1.807, 2.05) is 9.80 Å². The lowest BCUT2D eigenvalue weighted by Crippen LogP contribution is -2.38. The van der Waals surface area contributed by atoms with Crippen molar-refractivity contribution in [2.24, 2.45) is 0 Å². The fourth-order valence-corrected chi connectivity index (χ4v) is 11.8. The van der Waals surface area contributed by atoms with E-state index in [0.29, 0.717) is 198 Å². The van der Waals surface area contributed by atoms with E-state index < -0.39 is 0 Å². The van der Waals surface area contributed by atoms with Gasteiger partial charge in [0.1, 0.15) is 0 Å². The first-order valence-corrected chi connectivity index (χ1v) is 37.1. The van der Waals surface area contributed by atoms with Crippen LogP contribution in [0.25, 0.3) is 0 Å². The Morgan fingerprint density at radius 3 is 0.681 bits per heavy atom. The molecule has 0 N–H and O–H groups in total. The van der Waals surface area contributed by atoms with Crippen LogP contribution in [0.3, 0.4) is 0 Å². The lowest BCUT2D eigenvalue weighted by atomic mass is 10.1. The van der Waals surface area contributed by atoms with Crippen molar-refractivity contribution in [2.75, 3.05) is 250 Å². The third-order valence-corrected chi connectivity index (χ3v) is 17.6. The van der Waals surface area contributed by atoms with Crippen molar-refractivity contribution >= 4 is 11.8 Å². The maximum atomic E-state index is 13.4. The number of hydrogen-bond donors (Lipinski definition) is 0. The second-order valence-electron chi connectivity index (χ2n) is 25.2. The van der Waals surface area contributed by atoms with E-state index in [1.54, 1.807) is 0 Å². The van der Waals surface area contributed by atoms with E-state index in [4.69, 9.17) is 56.8 Å². The Labute approximate surface area is 568 Å². The average molecular weight is 1330 g/mol. The molecule has 0 atom stereocenters. The van der Waals surface area contributed by atoms with Gasteiger partial charge < -0.3 is 66.6 Å². The van der Waals surface area contributed by atoms with Crippen molar-refractivity contribution in [3.63, 3.8) is 0 Å². The monoisotopic (exact) mass is 1330 g/mol. The lowest BCUT2D eigenvalue weighted by molar-refractivity contribution is -0.134. The Morgan fingerprint density at radius 1 is 0.234 bits per heavy atom. The summed E-state index contributed by atoms with van der Waals surface area (Å²) >= 11 is 0. The first-order valence-electron chi connectivity index (χ1n) is 37.1. The van der Waals surface area contributed by atoms with Crippen LogP contribution in [0.2, 0.25) is 0 Å². The zero-order valence-electron chi connectivity index (χ0n) is 58.6. The van der Waals surface area contributed by atoms with Gasteiger partial charge in [0.05, 0.1) is 159 Å². The molecule has 20 nitrogen and oxygen atoms in total. The first kappa shape index (κ1) is 81.4. The predicted octanol–water partition coefficient (Wildman–Crippen LogP) is 9.29. The molecular formula is C74H130N6O14. The normalized spacial score (nSPS) is 20.0. The molecule has 2 aromatic carbocycles. The SMILES string of the molecule is O=C(CCCCCCCCCCCN1CCOCCOCCN(Cc2ccccc2)CCOCCOCC1)N1CCOCCOCCN(C(=O)CCCCCCCCCCCN2CCOCCOCCN(Cc3ccccc3)CCOCCOCC2)CCOCCOCC1. The number of ether oxygens (including phenoxy) is 12. The molecule has 2 amide bonds. The van der Waals surface area contributed by atoms with Crippen molar-refractivity contribution in [3.8, 4) is 0 Å². The Balaban J connectivity index is 0.813. The van der Waals surface area contributed by atoms with E-state index in [2.05, 4.69) is 80.3 Å². The molecule has 0 radical (unpaired) electrons. The summed E-state index contributed by atoms with van der Waals surface area (Å²) in [6.45, 7) is 26.9. The van der Waals surface area contributed by atoms with Gasteiger partial charge in [-0.2, -0.15) is 0 Å². The first-order chi connectivity index (χ1) is 46.6. The number of carbonyl (C=O) groups is 2. The number of carbonyl (C=O) groups excluding carboxylic acids is 2. The van der Waals surface area contributed by atoms with E-state index in [9.17, 15) is 9.59 Å². The fourth-order valence-electron chi connectivity index (χ4n) is 11.8. The smallest absolute Gasteiger partial charge is 0.222 e. The van der Waals surface area contributed by atoms with Crippen LogP contribution in [0.15, 0.2) is 60.7 Å². The quantitative estimate of drug-likeness (QED) is 0.0740. The number of benzene rings is 2. The highest BCUT2D eigenvalue weighted by Gasteiger charge is 2.17. The summed E-state index contributed by atoms with van der Waals surface area (Å²) in [4.78, 5) is 40.2. The molecule has 3 aliphatic rings. The van der Waals surface area contributed by atoms with Crippen LogP contribution in [0.1, 0.15) is 140 Å². The zero-order chi connectivity index (χ0) is 65.8. The molecule has 0 spiro atoms. The van der Waals surface area contributed by atoms with Crippen LogP contribution in [0, 0.1) is 0 Å². The van der Waals surface area contributed by atoms with Gasteiger partial charge in [0.25, 0.3) is 0 Å². The molecule has 20 heteroatoms. The number of amides is 2. The van der Waals surface area contributed by atoms with E-state index in [1.165, 1.54) is 88.2 Å². The average Bonchev–Trinajstić information content (AvgIpc) is 2.90. The highest BCUT2D eigenvalue weighted by atomic mass is 16.5. The Bertz CT molecular complexity index is 1810. The molecule has 0 aromatic heterocycles. The molecule has 94 heavy (non-hydrogen) atoms. The third kappa shape index (κ3) is 45.3. The van der Waals surface area contributed by atoms with E-state index in [-0.39, 0.29) is 11.8 Å². The highest BCUT2D eigenvalue weighted by Crippen LogP contribution is 2.15. The maximum Gasteiger partial charge on any atom is 0.222 e. The number of unbranched alkanes of at least 4 members (excludes halogenated alkanes) is 16. The summed E-state index contributed by atoms with van der Waals surface area (Å²) in [6, 6.07) is 21.1. The van der Waals surface area contributed by atoms with Crippen molar-refractivity contribution in [1.82, 2.24) is 29.4 Å². The summed E-state index contributed by atoms with van der Waals surface area (Å²) < 4.78 is 71.4. The predicted molar refractivity (Wildman–Crippen MR) is 372 cm³/mol. The molecule has 0 saturated carbocycles. The van der Waals surface area contributed by atoms with Crippen molar-refractivity contribution in [3.05, 3.63) is 71.8 Å². The fraction of sp³-hybridized carbons (Fsp3) is 0.811. The van der Waals surface area contributed by atoms with Crippen LogP contribution >= 0.6 is 0 Å². The van der Waals surface area contributed by atoms with Gasteiger partial charge in [0.2, 0.25) is 11.8 Å². The van der Waals surface area contributed by atoms with E-state index in [0.717, 1.165) is 117 Å². The van der Waals surface area contributed by atoms with Crippen molar-refractivity contribution in [1.29, 1.82) is 0 Å². The summed E-state index contributed by atoms with van der Waals surface area (Å²) in [7, 11) is 0. The Morgan fingerprint density at radius 2 is 0.436 bits per heavy atom. The summed E-state index contributed by atoms with van der Waals surface area (Å²) in [5, 5.41) is 0. The molecule has 3 fully saturated rings. The van der Waals surface area contributed by atoms with E-state index >= 15 is 0 Å². The molecule has 3 aliphatic heterocycles. The highest BCUT2D eigenvalue weighted by molar-refractivity contribution is 5.76. The standard InChI is InChI=1S/C74H130N6O14/c81-73(29-21-11-7-3-1-5-9-13-23-31-75-33-45-83-57-61-87-49-37-77(69-71-25-17-15-18-26-71)38-50-88-62-58-84-46-34-75)79-41-53-91-65-67-93-55-43-80(44-56-94-68-66-92-54-42-79)74(82)30-22-12-8-4-2-6-10-14-24-32-76-35-47-85-59-63-89-51-39-78(70-72-27-19-16-20-28-72)40-52-90-64-60-86-48-36-76/h15-20,25-28H,1-14,21-24,29-70H2. The number of rotatable bonds is 28. The second-order valence-corrected chi connectivity index (χ2v) is 25.2. The van der Waals surface area contributed by atoms with Crippen molar-refractivity contribution in [2.45, 2.75) is 142 Å². The van der Waals surface area contributed by atoms with Gasteiger partial charge in [-0.15, -0.1) is 0 Å². The van der Waals surface area contributed by atoms with Gasteiger partial charge in [-0.3, -0.25) is 29.2 Å². The van der Waals surface area contributed by atoms with Gasteiger partial charge in [-0.25, -0.2) is 0 Å². The van der Waals surface area contributed by atoms with Crippen LogP contribution in [-0.2, 0) is 79.5 Å². The largest absolute Gasteiger partial charge is 0.378 e. The second kappa shape index (κ2) is 59.8. The minimum atomic E-state index is 0.163. The number of hydrogen-bond acceptors (Lipinski definition) is 18. The van der Waals surface area contributed by atoms with Gasteiger partial charge >= 0.3 is 0 Å². The Kier molecular flexibility index (Phi) is 51.8. The maximum absolute atomic E-state index is 13.4. The van der Waals surface area contributed by atoms with Crippen LogP contribution in [0.4, 0.5) is 0 Å². The van der Waals surface area contributed by atoms with Gasteiger partial charge in [0.15, 0.2) is 0 Å². The number of nitrogens with zero attached hydrogens (tertiary/aromatic N) is 6. The summed E-state index contributed by atoms with van der Waals surface area (Å²) in [5.41, 5.74) is 2.60. The lowest BCUT2D eigenvalue weighted by Gasteiger charge is -2.24. The topological polar surface area (TPSA) is 164 Å². The van der Waals surface area contributed by atoms with Gasteiger partial charge in [-0.05, 0) is 49.9 Å². The molecule has 5 rings (SSSR count). The zero-order valence-corrected chi connectivity index (χ0v) is 58.6. The van der Waals surface area contributed by atoms with Crippen LogP contribution in [0.5, 0.6) is 0 Å². The molecule has 2 aromatic rings. The molecule has 3 heterocycles. The minimum Gasteiger partial charge on any atom is -0.378 e. The summed E-state index contributed by atoms with van der Waals surface area (Å²) in [5.74, 6) is 0.325. The molecule has 540 valence electrons. The molecule has 0 unspecified atom stereocenters. The van der Waals surface area contributed by atoms with Crippen molar-refractivity contribution < 1.29 is 66.4 Å². The minimum absolute atomic E-state index is 0.163. The molecule has 0 aliphatic carbocycles. The van der Waals surface area contributed by atoms with Crippen LogP contribution < -0.4 is 0 Å². The molecule has 3 saturated heterocycles. The molecule has 0 bridgehead atoms. The Hall–Kier alpha value is -3.26. The molecular weight excluding hydrogens is 1200 g/mol. The van der Waals surface area contributed by atoms with Gasteiger partial charge in [0, 0.05) is 104 Å². The third-order valence-electron chi connectivity index (χ3n) is 17.6. The van der Waals surface area contributed by atoms with Crippen LogP contribution in [-0.4, -0.2) is 291 Å². The van der Waals surface area contributed by atoms with Gasteiger partial charge in [-0.1, -0.05) is 151 Å².